The summed E-state index contributed by atoms with van der Waals surface area (Å²) in [6, 6.07) is 0. The topological polar surface area (TPSA) is 97.3 Å². The number of aryl methyl sites for hydroxylation is 2. The fourth-order valence-electron chi connectivity index (χ4n) is 8.24. The van der Waals surface area contributed by atoms with E-state index in [-0.39, 0.29) is 29.2 Å². The summed E-state index contributed by atoms with van der Waals surface area (Å²) < 4.78 is 17.3. The lowest BCUT2D eigenvalue weighted by molar-refractivity contribution is -0.135. The Hall–Kier alpha value is -2.30. The van der Waals surface area contributed by atoms with Gasteiger partial charge in [-0.1, -0.05) is 19.8 Å². The molecular formula is C34H55N5O5. The predicted octanol–water partition coefficient (Wildman–Crippen LogP) is 5.36. The molecule has 4 fully saturated rings. The number of hydrogen-bond donors (Lipinski definition) is 0. The van der Waals surface area contributed by atoms with E-state index in [4.69, 9.17) is 14.2 Å². The molecule has 4 aliphatic rings. The largest absolute Gasteiger partial charge is 0.442 e. The third kappa shape index (κ3) is 7.23. The van der Waals surface area contributed by atoms with Crippen LogP contribution in [0.5, 0.6) is 0 Å². The Balaban J connectivity index is 1.16. The number of methoxy groups -OCH3 is 1. The van der Waals surface area contributed by atoms with Crippen molar-refractivity contribution in [2.75, 3.05) is 53.2 Å². The number of ether oxygens (including phenoxy) is 3. The van der Waals surface area contributed by atoms with Crippen LogP contribution in [0, 0.1) is 25.7 Å². The minimum absolute atomic E-state index is 0.0328. The summed E-state index contributed by atoms with van der Waals surface area (Å²) in [6.07, 6.45) is 13.0. The van der Waals surface area contributed by atoms with Crippen LogP contribution in [0.15, 0.2) is 6.33 Å². The second-order valence-electron chi connectivity index (χ2n) is 14.1. The lowest BCUT2D eigenvalue weighted by Gasteiger charge is -2.55. The van der Waals surface area contributed by atoms with E-state index >= 15 is 0 Å². The number of aromatic nitrogens is 2. The SMILES string of the molecule is CCCC[C@H]1CN(CC2CCC(OCOC)CC2)C(=O)OC12CCN(C1(C)CCN(C(=O)c3c(C)ncnc3C)CC1)CC2. The van der Waals surface area contributed by atoms with E-state index in [1.54, 1.807) is 7.11 Å². The molecule has 1 aromatic heterocycles. The van der Waals surface area contributed by atoms with Gasteiger partial charge in [0.05, 0.1) is 23.1 Å². The van der Waals surface area contributed by atoms with Gasteiger partial charge in [0, 0.05) is 70.7 Å². The van der Waals surface area contributed by atoms with Gasteiger partial charge < -0.3 is 24.0 Å². The van der Waals surface area contributed by atoms with E-state index in [0.717, 1.165) is 121 Å². The number of amides is 2. The maximum atomic E-state index is 13.5. The van der Waals surface area contributed by atoms with Crippen LogP contribution in [0.1, 0.15) is 106 Å². The molecule has 246 valence electrons. The van der Waals surface area contributed by atoms with Crippen molar-refractivity contribution in [1.82, 2.24) is 24.7 Å². The first-order valence-corrected chi connectivity index (χ1v) is 17.1. The van der Waals surface area contributed by atoms with Gasteiger partial charge >= 0.3 is 6.09 Å². The third-order valence-corrected chi connectivity index (χ3v) is 11.3. The molecule has 3 saturated heterocycles. The molecule has 10 heteroatoms. The van der Waals surface area contributed by atoms with Crippen LogP contribution in [0.25, 0.3) is 0 Å². The Kier molecular flexibility index (Phi) is 10.8. The summed E-state index contributed by atoms with van der Waals surface area (Å²) >= 11 is 0. The summed E-state index contributed by atoms with van der Waals surface area (Å²) in [7, 11) is 1.66. The van der Waals surface area contributed by atoms with Crippen LogP contribution in [-0.4, -0.2) is 107 Å². The molecule has 0 N–H and O–H groups in total. The first kappa shape index (κ1) is 33.1. The highest BCUT2D eigenvalue weighted by Gasteiger charge is 2.51. The van der Waals surface area contributed by atoms with E-state index in [2.05, 4.69) is 28.7 Å². The van der Waals surface area contributed by atoms with Gasteiger partial charge in [-0.2, -0.15) is 0 Å². The van der Waals surface area contributed by atoms with Gasteiger partial charge in [-0.15, -0.1) is 0 Å². The minimum atomic E-state index is -0.361. The third-order valence-electron chi connectivity index (χ3n) is 11.3. The Morgan fingerprint density at radius 2 is 1.68 bits per heavy atom. The second-order valence-corrected chi connectivity index (χ2v) is 14.1. The average Bonchev–Trinajstić information content (AvgIpc) is 3.02. The van der Waals surface area contributed by atoms with E-state index in [0.29, 0.717) is 24.2 Å². The molecule has 2 amide bonds. The van der Waals surface area contributed by atoms with Crippen LogP contribution in [0.3, 0.4) is 0 Å². The fraction of sp³-hybridized carbons (Fsp3) is 0.824. The van der Waals surface area contributed by atoms with Gasteiger partial charge in [0.15, 0.2) is 0 Å². The monoisotopic (exact) mass is 613 g/mol. The molecule has 1 spiro atoms. The lowest BCUT2D eigenvalue weighted by Crippen LogP contribution is -2.64. The first-order valence-electron chi connectivity index (χ1n) is 17.1. The molecule has 0 unspecified atom stereocenters. The fourth-order valence-corrected chi connectivity index (χ4v) is 8.24. The summed E-state index contributed by atoms with van der Waals surface area (Å²) in [4.78, 5) is 42.0. The van der Waals surface area contributed by atoms with E-state index < -0.39 is 0 Å². The molecule has 1 aromatic rings. The molecule has 0 bridgehead atoms. The van der Waals surface area contributed by atoms with Gasteiger partial charge in [-0.3, -0.25) is 9.69 Å². The zero-order valence-corrected chi connectivity index (χ0v) is 27.8. The van der Waals surface area contributed by atoms with Gasteiger partial charge in [-0.05, 0) is 71.6 Å². The average molecular weight is 614 g/mol. The Morgan fingerprint density at radius 1 is 1.02 bits per heavy atom. The molecule has 3 aliphatic heterocycles. The molecule has 5 rings (SSSR count). The lowest BCUT2D eigenvalue weighted by atomic mass is 9.74. The number of likely N-dealkylation sites (tertiary alicyclic amines) is 2. The molecule has 1 aliphatic carbocycles. The maximum absolute atomic E-state index is 13.5. The number of unbranched alkanes of at least 4 members (excludes halogenated alkanes) is 1. The number of carbonyl (C=O) groups excluding carboxylic acids is 2. The van der Waals surface area contributed by atoms with Crippen molar-refractivity contribution in [3.8, 4) is 0 Å². The Morgan fingerprint density at radius 3 is 2.30 bits per heavy atom. The Bertz CT molecular complexity index is 1100. The summed E-state index contributed by atoms with van der Waals surface area (Å²) in [6.45, 7) is 13.6. The van der Waals surface area contributed by atoms with Gasteiger partial charge in [0.25, 0.3) is 5.91 Å². The van der Waals surface area contributed by atoms with Crippen molar-refractivity contribution >= 4 is 12.0 Å². The van der Waals surface area contributed by atoms with E-state index in [1.807, 2.05) is 23.6 Å². The van der Waals surface area contributed by atoms with Crippen molar-refractivity contribution < 1.29 is 23.8 Å². The zero-order chi connectivity index (χ0) is 31.3. The smallest absolute Gasteiger partial charge is 0.410 e. The first-order chi connectivity index (χ1) is 21.2. The normalized spacial score (nSPS) is 27.4. The van der Waals surface area contributed by atoms with E-state index in [1.165, 1.54) is 6.33 Å². The van der Waals surface area contributed by atoms with Gasteiger partial charge in [0.2, 0.25) is 0 Å². The quantitative estimate of drug-likeness (QED) is 0.326. The van der Waals surface area contributed by atoms with Crippen molar-refractivity contribution in [2.45, 2.75) is 116 Å². The predicted molar refractivity (Wildman–Crippen MR) is 168 cm³/mol. The molecule has 1 saturated carbocycles. The number of rotatable bonds is 10. The van der Waals surface area contributed by atoms with Gasteiger partial charge in [0.1, 0.15) is 18.7 Å². The second kappa shape index (κ2) is 14.4. The van der Waals surface area contributed by atoms with Crippen molar-refractivity contribution in [3.05, 3.63) is 23.3 Å². The molecule has 10 nitrogen and oxygen atoms in total. The minimum Gasteiger partial charge on any atom is -0.442 e. The summed E-state index contributed by atoms with van der Waals surface area (Å²) in [5, 5.41) is 0. The van der Waals surface area contributed by atoms with Crippen LogP contribution in [0.2, 0.25) is 0 Å². The highest BCUT2D eigenvalue weighted by molar-refractivity contribution is 5.96. The molecule has 1 atom stereocenters. The zero-order valence-electron chi connectivity index (χ0n) is 27.8. The molecule has 0 aromatic carbocycles. The van der Waals surface area contributed by atoms with Gasteiger partial charge in [-0.25, -0.2) is 14.8 Å². The molecule has 4 heterocycles. The molecule has 0 radical (unpaired) electrons. The van der Waals surface area contributed by atoms with Crippen LogP contribution in [-0.2, 0) is 14.2 Å². The number of nitrogens with zero attached hydrogens (tertiary/aromatic N) is 5. The molecular weight excluding hydrogens is 558 g/mol. The number of carbonyl (C=O) groups is 2. The summed E-state index contributed by atoms with van der Waals surface area (Å²) in [5.74, 6) is 0.924. The number of hydrogen-bond acceptors (Lipinski definition) is 8. The maximum Gasteiger partial charge on any atom is 0.410 e. The summed E-state index contributed by atoms with van der Waals surface area (Å²) in [5.41, 5.74) is 1.81. The number of piperidine rings is 2. The van der Waals surface area contributed by atoms with Crippen molar-refractivity contribution in [2.24, 2.45) is 11.8 Å². The van der Waals surface area contributed by atoms with Crippen molar-refractivity contribution in [1.29, 1.82) is 0 Å². The highest BCUT2D eigenvalue weighted by atomic mass is 16.7. The van der Waals surface area contributed by atoms with Crippen LogP contribution in [0.4, 0.5) is 4.79 Å². The van der Waals surface area contributed by atoms with Crippen molar-refractivity contribution in [3.63, 3.8) is 0 Å². The standard InChI is InChI=1S/C34H55N5O5/c1-6-7-8-28-22-38(21-27-9-11-29(12-10-27)43-24-42-5)32(41)44-34(28)15-19-39(20-16-34)33(4)13-17-37(18-14-33)31(40)30-25(2)35-23-36-26(30)3/h23,27-29H,6-22,24H2,1-5H3/t27?,28-,29?/m0/s1. The van der Waals surface area contributed by atoms with Crippen LogP contribution < -0.4 is 0 Å². The van der Waals surface area contributed by atoms with E-state index in [9.17, 15) is 9.59 Å². The Labute approximate surface area is 264 Å². The molecule has 44 heavy (non-hydrogen) atoms. The van der Waals surface area contributed by atoms with Crippen LogP contribution >= 0.6 is 0 Å². The highest BCUT2D eigenvalue weighted by Crippen LogP contribution is 2.44.